The number of carbonyl (C=O) groups is 1. The molecule has 0 atom stereocenters. The van der Waals surface area contributed by atoms with Gasteiger partial charge >= 0.3 is 0 Å². The van der Waals surface area contributed by atoms with Gasteiger partial charge in [0.2, 0.25) is 11.7 Å². The van der Waals surface area contributed by atoms with Crippen molar-refractivity contribution in [2.45, 2.75) is 0 Å². The molecule has 6 nitrogen and oxygen atoms in total. The summed E-state index contributed by atoms with van der Waals surface area (Å²) in [4.78, 5) is 17.6. The van der Waals surface area contributed by atoms with E-state index in [1.54, 1.807) is 0 Å². The fourth-order valence-corrected chi connectivity index (χ4v) is 0.602. The third-order valence-electron chi connectivity index (χ3n) is 0.992. The SMILES string of the molecule is O=C1C=NC2=NN=NC2=N1. The van der Waals surface area contributed by atoms with Gasteiger partial charge in [0.15, 0.2) is 0 Å². The topological polar surface area (TPSA) is 78.9 Å². The fraction of sp³-hybridized carbons (Fsp3) is 0. The highest BCUT2D eigenvalue weighted by atomic mass is 16.1. The zero-order valence-electron chi connectivity index (χ0n) is 4.72. The molecule has 0 unspecified atom stereocenters. The molecule has 0 radical (unpaired) electrons. The van der Waals surface area contributed by atoms with Gasteiger partial charge in [0.25, 0.3) is 5.91 Å². The molecule has 1 amide bonds. The first-order valence-electron chi connectivity index (χ1n) is 2.52. The first-order chi connectivity index (χ1) is 4.86. The summed E-state index contributed by atoms with van der Waals surface area (Å²) < 4.78 is 0. The van der Waals surface area contributed by atoms with Gasteiger partial charge in [-0.3, -0.25) is 4.79 Å². The first-order valence-corrected chi connectivity index (χ1v) is 2.52. The average Bonchev–Trinajstić information content (AvgIpc) is 2.33. The molecule has 0 aliphatic carbocycles. The Balaban J connectivity index is 2.51. The molecule has 0 aromatic carbocycles. The molecule has 0 aromatic heterocycles. The van der Waals surface area contributed by atoms with Crippen molar-refractivity contribution in [1.29, 1.82) is 0 Å². The molecule has 2 aliphatic rings. The number of hydrogen-bond acceptors (Lipinski definition) is 5. The highest BCUT2D eigenvalue weighted by molar-refractivity contribution is 6.51. The lowest BCUT2D eigenvalue weighted by Gasteiger charge is -1.93. The van der Waals surface area contributed by atoms with E-state index in [2.05, 4.69) is 25.4 Å². The number of rotatable bonds is 0. The van der Waals surface area contributed by atoms with E-state index < -0.39 is 5.91 Å². The van der Waals surface area contributed by atoms with E-state index in [0.29, 0.717) is 5.84 Å². The van der Waals surface area contributed by atoms with E-state index in [-0.39, 0.29) is 5.84 Å². The van der Waals surface area contributed by atoms with Gasteiger partial charge in [-0.15, -0.1) is 10.2 Å². The Kier molecular flexibility index (Phi) is 0.830. The average molecular weight is 135 g/mol. The highest BCUT2D eigenvalue weighted by Crippen LogP contribution is 2.03. The van der Waals surface area contributed by atoms with Crippen LogP contribution in [0, 0.1) is 0 Å². The summed E-state index contributed by atoms with van der Waals surface area (Å²) in [5.74, 6) is 0.0851. The van der Waals surface area contributed by atoms with Gasteiger partial charge in [0.1, 0.15) is 0 Å². The lowest BCUT2D eigenvalue weighted by Crippen LogP contribution is -2.15. The van der Waals surface area contributed by atoms with E-state index in [1.807, 2.05) is 0 Å². The van der Waals surface area contributed by atoms with Crippen molar-refractivity contribution >= 4 is 23.8 Å². The molecule has 2 heterocycles. The van der Waals surface area contributed by atoms with E-state index in [4.69, 9.17) is 0 Å². The molecule has 2 aliphatic heterocycles. The van der Waals surface area contributed by atoms with Crippen LogP contribution >= 0.6 is 0 Å². The number of fused-ring (bicyclic) bond motifs is 1. The summed E-state index contributed by atoms with van der Waals surface area (Å²) in [7, 11) is 0. The third kappa shape index (κ3) is 0.586. The lowest BCUT2D eigenvalue weighted by atomic mass is 10.5. The van der Waals surface area contributed by atoms with Crippen LogP contribution in [0.15, 0.2) is 25.4 Å². The van der Waals surface area contributed by atoms with E-state index in [1.165, 1.54) is 0 Å². The Bertz CT molecular complexity index is 310. The zero-order valence-corrected chi connectivity index (χ0v) is 4.72. The van der Waals surface area contributed by atoms with Crippen molar-refractivity contribution in [2.24, 2.45) is 25.4 Å². The summed E-state index contributed by atoms with van der Waals surface area (Å²) in [6.07, 6.45) is 1.08. The summed E-state index contributed by atoms with van der Waals surface area (Å²) in [6, 6.07) is 0. The largest absolute Gasteiger partial charge is 0.290 e. The summed E-state index contributed by atoms with van der Waals surface area (Å²) in [6.45, 7) is 0. The van der Waals surface area contributed by atoms with Crippen molar-refractivity contribution in [2.75, 3.05) is 0 Å². The van der Waals surface area contributed by atoms with E-state index in [0.717, 1.165) is 6.21 Å². The number of nitrogens with zero attached hydrogens (tertiary/aromatic N) is 5. The molecule has 0 spiro atoms. The van der Waals surface area contributed by atoms with Crippen LogP contribution in [0.25, 0.3) is 0 Å². The molecule has 0 saturated heterocycles. The quantitative estimate of drug-likeness (QED) is 0.452. The summed E-state index contributed by atoms with van der Waals surface area (Å²) in [5.41, 5.74) is 0. The van der Waals surface area contributed by atoms with Crippen LogP contribution in [-0.4, -0.2) is 23.8 Å². The Morgan fingerprint density at radius 3 is 3.10 bits per heavy atom. The monoisotopic (exact) mass is 135 g/mol. The van der Waals surface area contributed by atoms with Gasteiger partial charge in [-0.2, -0.15) is 4.99 Å². The molecule has 10 heavy (non-hydrogen) atoms. The second-order valence-electron chi connectivity index (χ2n) is 1.64. The second kappa shape index (κ2) is 1.63. The maximum atomic E-state index is 10.5. The van der Waals surface area contributed by atoms with Gasteiger partial charge in [-0.25, -0.2) is 4.99 Å². The minimum absolute atomic E-state index is 0.201. The molecule has 0 bridgehead atoms. The predicted molar refractivity (Wildman–Crippen MR) is 33.2 cm³/mol. The van der Waals surface area contributed by atoms with Crippen molar-refractivity contribution in [3.05, 3.63) is 0 Å². The second-order valence-corrected chi connectivity index (χ2v) is 1.64. The fourth-order valence-electron chi connectivity index (χ4n) is 0.602. The van der Waals surface area contributed by atoms with Gasteiger partial charge in [-0.1, -0.05) is 0 Å². The van der Waals surface area contributed by atoms with Gasteiger partial charge < -0.3 is 0 Å². The van der Waals surface area contributed by atoms with Crippen LogP contribution in [0.4, 0.5) is 0 Å². The number of carbonyl (C=O) groups excluding carboxylic acids is 1. The highest BCUT2D eigenvalue weighted by Gasteiger charge is 2.17. The molecular weight excluding hydrogens is 134 g/mol. The summed E-state index contributed by atoms with van der Waals surface area (Å²) >= 11 is 0. The van der Waals surface area contributed by atoms with Crippen LogP contribution in [0.1, 0.15) is 0 Å². The van der Waals surface area contributed by atoms with Gasteiger partial charge in [0, 0.05) is 0 Å². The Morgan fingerprint density at radius 1 is 1.30 bits per heavy atom. The molecule has 0 saturated carbocycles. The minimum Gasteiger partial charge on any atom is -0.266 e. The number of amidine groups is 2. The molecule has 6 heteroatoms. The van der Waals surface area contributed by atoms with Crippen molar-refractivity contribution < 1.29 is 4.79 Å². The zero-order chi connectivity index (χ0) is 6.97. The number of aliphatic imine (C=N–C) groups is 2. The molecule has 0 aromatic rings. The van der Waals surface area contributed by atoms with Crippen LogP contribution < -0.4 is 0 Å². The molecule has 48 valence electrons. The Morgan fingerprint density at radius 2 is 2.20 bits per heavy atom. The minimum atomic E-state index is -0.421. The van der Waals surface area contributed by atoms with Gasteiger partial charge in [-0.05, 0) is 5.22 Å². The van der Waals surface area contributed by atoms with Crippen molar-refractivity contribution in [3.8, 4) is 0 Å². The van der Waals surface area contributed by atoms with Crippen LogP contribution in [0.2, 0.25) is 0 Å². The molecular formula is C4HN5O. The lowest BCUT2D eigenvalue weighted by molar-refractivity contribution is -0.111. The van der Waals surface area contributed by atoms with Crippen LogP contribution in [-0.2, 0) is 4.79 Å². The molecule has 2 rings (SSSR count). The number of hydrogen-bond donors (Lipinski definition) is 0. The van der Waals surface area contributed by atoms with Crippen LogP contribution in [0.3, 0.4) is 0 Å². The summed E-state index contributed by atoms with van der Waals surface area (Å²) in [5, 5.41) is 10.2. The normalized spacial score (nSPS) is 20.6. The van der Waals surface area contributed by atoms with E-state index >= 15 is 0 Å². The number of amides is 1. The Labute approximate surface area is 55.1 Å². The third-order valence-corrected chi connectivity index (χ3v) is 0.992. The predicted octanol–water partition coefficient (Wildman–Crippen LogP) is -0.225. The van der Waals surface area contributed by atoms with E-state index in [9.17, 15) is 4.79 Å². The smallest absolute Gasteiger partial charge is 0.266 e. The maximum Gasteiger partial charge on any atom is 0.290 e. The maximum absolute atomic E-state index is 10.5. The van der Waals surface area contributed by atoms with Gasteiger partial charge in [0.05, 0.1) is 6.21 Å². The van der Waals surface area contributed by atoms with Crippen LogP contribution in [0.5, 0.6) is 0 Å². The standard InChI is InChI=1S/C4HN5O/c10-2-1-5-3-4(6-2)8-9-7-3/h1H. The van der Waals surface area contributed by atoms with Crippen molar-refractivity contribution in [1.82, 2.24) is 0 Å². The molecule has 0 fully saturated rings. The molecule has 0 N–H and O–H groups in total. The first kappa shape index (κ1) is 5.10. The Hall–Kier alpha value is -1.72. The van der Waals surface area contributed by atoms with Crippen molar-refractivity contribution in [3.63, 3.8) is 0 Å².